The minimum absolute atomic E-state index is 0.206. The summed E-state index contributed by atoms with van der Waals surface area (Å²) >= 11 is 7.16. The summed E-state index contributed by atoms with van der Waals surface area (Å²) in [6.07, 6.45) is 1.61. The molecule has 0 bridgehead atoms. The van der Waals surface area contributed by atoms with Crippen molar-refractivity contribution < 1.29 is 9.53 Å². The van der Waals surface area contributed by atoms with Crippen molar-refractivity contribution in [1.82, 2.24) is 5.32 Å². The lowest BCUT2D eigenvalue weighted by Gasteiger charge is -2.19. The van der Waals surface area contributed by atoms with Gasteiger partial charge in [-0.2, -0.15) is 0 Å². The lowest BCUT2D eigenvalue weighted by atomic mass is 10.1. The molecule has 1 aliphatic heterocycles. The third kappa shape index (κ3) is 4.92. The van der Waals surface area contributed by atoms with Crippen LogP contribution in [-0.4, -0.2) is 19.1 Å². The number of halogens is 2. The predicted molar refractivity (Wildman–Crippen MR) is 116 cm³/mol. The van der Waals surface area contributed by atoms with Crippen molar-refractivity contribution in [2.75, 3.05) is 18.1 Å². The molecule has 4 nitrogen and oxygen atoms in total. The summed E-state index contributed by atoms with van der Waals surface area (Å²) < 4.78 is 7.53. The zero-order chi connectivity index (χ0) is 19.4. The molecule has 0 spiro atoms. The number of amides is 1. The second-order valence-electron chi connectivity index (χ2n) is 6.66. The first-order chi connectivity index (χ1) is 13.0. The van der Waals surface area contributed by atoms with Crippen LogP contribution in [0, 0.1) is 0 Å². The van der Waals surface area contributed by atoms with Crippen LogP contribution in [0.2, 0.25) is 0 Å². The number of benzene rings is 2. The first-order valence-corrected chi connectivity index (χ1v) is 10.8. The molecule has 0 aromatic heterocycles. The van der Waals surface area contributed by atoms with E-state index >= 15 is 0 Å². The molecular weight excluding hydrogens is 472 g/mol. The minimum Gasteiger partial charge on any atom is -0.492 e. The van der Waals surface area contributed by atoms with Crippen molar-refractivity contribution in [2.45, 2.75) is 39.3 Å². The van der Waals surface area contributed by atoms with E-state index in [1.54, 1.807) is 0 Å². The van der Waals surface area contributed by atoms with Crippen LogP contribution in [0.25, 0.3) is 0 Å². The first-order valence-electron chi connectivity index (χ1n) is 9.24. The Morgan fingerprint density at radius 2 is 1.85 bits per heavy atom. The highest BCUT2D eigenvalue weighted by Gasteiger charge is 2.21. The van der Waals surface area contributed by atoms with Gasteiger partial charge in [-0.1, -0.05) is 12.1 Å². The molecule has 1 unspecified atom stereocenters. The maximum absolute atomic E-state index is 11.9. The van der Waals surface area contributed by atoms with Gasteiger partial charge in [-0.05, 0) is 87.5 Å². The lowest BCUT2D eigenvalue weighted by Crippen LogP contribution is -2.23. The Hall–Kier alpha value is -1.37. The third-order valence-electron chi connectivity index (χ3n) is 4.74. The summed E-state index contributed by atoms with van der Waals surface area (Å²) in [5.74, 6) is 1.06. The molecule has 1 atom stereocenters. The Kier molecular flexibility index (Phi) is 6.95. The molecule has 1 heterocycles. The third-order valence-corrected chi connectivity index (χ3v) is 5.92. The number of anilines is 1. The number of carbonyl (C=O) groups is 1. The molecule has 1 N–H and O–H groups in total. The van der Waals surface area contributed by atoms with Crippen molar-refractivity contribution >= 4 is 43.5 Å². The molecule has 1 fully saturated rings. The Balaban J connectivity index is 1.62. The number of hydrogen-bond acceptors (Lipinski definition) is 3. The SMILES string of the molecule is CCOc1c(Br)cc(CNC(C)c2ccc(N3CCCC3=O)cc2)cc1Br. The quantitative estimate of drug-likeness (QED) is 0.544. The van der Waals surface area contributed by atoms with E-state index in [0.29, 0.717) is 13.0 Å². The highest BCUT2D eigenvalue weighted by Crippen LogP contribution is 2.35. The highest BCUT2D eigenvalue weighted by molar-refractivity contribution is 9.11. The van der Waals surface area contributed by atoms with Crippen LogP contribution in [0.15, 0.2) is 45.3 Å². The van der Waals surface area contributed by atoms with Gasteiger partial charge in [0.1, 0.15) is 5.75 Å². The molecule has 0 aliphatic carbocycles. The zero-order valence-corrected chi connectivity index (χ0v) is 18.8. The van der Waals surface area contributed by atoms with E-state index in [1.165, 1.54) is 11.1 Å². The average molecular weight is 496 g/mol. The number of rotatable bonds is 7. The van der Waals surface area contributed by atoms with E-state index < -0.39 is 0 Å². The molecule has 27 heavy (non-hydrogen) atoms. The van der Waals surface area contributed by atoms with E-state index in [1.807, 2.05) is 24.0 Å². The number of nitrogens with one attached hydrogen (secondary N) is 1. The molecule has 0 saturated carbocycles. The van der Waals surface area contributed by atoms with Crippen LogP contribution in [0.4, 0.5) is 5.69 Å². The van der Waals surface area contributed by atoms with E-state index in [9.17, 15) is 4.79 Å². The monoisotopic (exact) mass is 494 g/mol. The summed E-state index contributed by atoms with van der Waals surface area (Å²) in [6, 6.07) is 12.7. The summed E-state index contributed by atoms with van der Waals surface area (Å²) in [5, 5.41) is 3.56. The highest BCUT2D eigenvalue weighted by atomic mass is 79.9. The summed E-state index contributed by atoms with van der Waals surface area (Å²) in [7, 11) is 0. The molecular formula is C21H24Br2N2O2. The fourth-order valence-electron chi connectivity index (χ4n) is 3.25. The van der Waals surface area contributed by atoms with Gasteiger partial charge >= 0.3 is 0 Å². The van der Waals surface area contributed by atoms with Crippen LogP contribution >= 0.6 is 31.9 Å². The molecule has 2 aromatic carbocycles. The van der Waals surface area contributed by atoms with Crippen LogP contribution in [0.3, 0.4) is 0 Å². The topological polar surface area (TPSA) is 41.6 Å². The summed E-state index contributed by atoms with van der Waals surface area (Å²) in [6.45, 7) is 6.32. The predicted octanol–water partition coefficient (Wildman–Crippen LogP) is 5.59. The fraction of sp³-hybridized carbons (Fsp3) is 0.381. The lowest BCUT2D eigenvalue weighted by molar-refractivity contribution is -0.117. The minimum atomic E-state index is 0.206. The standard InChI is InChI=1S/C21H24Br2N2O2/c1-3-27-21-18(22)11-15(12-19(21)23)13-24-14(2)16-6-8-17(9-7-16)25-10-4-5-20(25)26/h6-9,11-12,14,24H,3-5,10,13H2,1-2H3. The van der Waals surface area contributed by atoms with Crippen molar-refractivity contribution in [2.24, 2.45) is 0 Å². The van der Waals surface area contributed by atoms with Crippen molar-refractivity contribution in [3.63, 3.8) is 0 Å². The Morgan fingerprint density at radius 3 is 2.41 bits per heavy atom. The number of carbonyl (C=O) groups excluding carboxylic acids is 1. The molecule has 1 amide bonds. The summed E-state index contributed by atoms with van der Waals surface area (Å²) in [4.78, 5) is 13.7. The summed E-state index contributed by atoms with van der Waals surface area (Å²) in [5.41, 5.74) is 3.37. The second-order valence-corrected chi connectivity index (χ2v) is 8.37. The van der Waals surface area contributed by atoms with Gasteiger partial charge in [-0.3, -0.25) is 4.79 Å². The molecule has 1 saturated heterocycles. The van der Waals surface area contributed by atoms with Gasteiger partial charge in [-0.15, -0.1) is 0 Å². The van der Waals surface area contributed by atoms with Gasteiger partial charge in [0.25, 0.3) is 0 Å². The number of ether oxygens (including phenoxy) is 1. The zero-order valence-electron chi connectivity index (χ0n) is 15.6. The molecule has 1 aliphatic rings. The van der Waals surface area contributed by atoms with Crippen LogP contribution < -0.4 is 15.0 Å². The number of hydrogen-bond donors (Lipinski definition) is 1. The molecule has 6 heteroatoms. The molecule has 0 radical (unpaired) electrons. The van der Waals surface area contributed by atoms with E-state index in [2.05, 4.69) is 68.4 Å². The Labute approximate surface area is 177 Å². The van der Waals surface area contributed by atoms with Crippen molar-refractivity contribution in [3.05, 3.63) is 56.5 Å². The Morgan fingerprint density at radius 1 is 1.19 bits per heavy atom. The maximum atomic E-state index is 11.9. The fourth-order valence-corrected chi connectivity index (χ4v) is 4.76. The smallest absolute Gasteiger partial charge is 0.227 e. The molecule has 2 aromatic rings. The maximum Gasteiger partial charge on any atom is 0.227 e. The van der Waals surface area contributed by atoms with Crippen molar-refractivity contribution in [1.29, 1.82) is 0 Å². The molecule has 3 rings (SSSR count). The van der Waals surface area contributed by atoms with Gasteiger partial charge in [-0.25, -0.2) is 0 Å². The van der Waals surface area contributed by atoms with Gasteiger partial charge in [0, 0.05) is 31.2 Å². The molecule has 144 valence electrons. The normalized spacial score (nSPS) is 15.3. The van der Waals surface area contributed by atoms with E-state index in [0.717, 1.165) is 39.9 Å². The first kappa shape index (κ1) is 20.4. The van der Waals surface area contributed by atoms with E-state index in [4.69, 9.17) is 4.74 Å². The number of nitrogens with zero attached hydrogens (tertiary/aromatic N) is 1. The van der Waals surface area contributed by atoms with Gasteiger partial charge < -0.3 is 15.0 Å². The van der Waals surface area contributed by atoms with Gasteiger partial charge in [0.05, 0.1) is 15.6 Å². The van der Waals surface area contributed by atoms with Gasteiger partial charge in [0.15, 0.2) is 0 Å². The second kappa shape index (κ2) is 9.22. The average Bonchev–Trinajstić information content (AvgIpc) is 3.09. The Bertz CT molecular complexity index is 785. The van der Waals surface area contributed by atoms with Crippen molar-refractivity contribution in [3.8, 4) is 5.75 Å². The van der Waals surface area contributed by atoms with Crippen LogP contribution in [0.5, 0.6) is 5.75 Å². The van der Waals surface area contributed by atoms with Crippen LogP contribution in [-0.2, 0) is 11.3 Å². The largest absolute Gasteiger partial charge is 0.492 e. The van der Waals surface area contributed by atoms with E-state index in [-0.39, 0.29) is 11.9 Å². The van der Waals surface area contributed by atoms with Gasteiger partial charge in [0.2, 0.25) is 5.91 Å². The van der Waals surface area contributed by atoms with Crippen LogP contribution in [0.1, 0.15) is 43.9 Å².